The lowest BCUT2D eigenvalue weighted by Gasteiger charge is -1.81. The molecule has 0 fully saturated rings. The minimum atomic E-state index is 0.0417. The molecule has 1 nitrogen and oxygen atoms in total. The number of hydrogen-bond donors (Lipinski definition) is 1. The maximum Gasteiger partial charge on any atom is 0.560 e. The van der Waals surface area contributed by atoms with Crippen LogP contribution < -0.4 is 0 Å². The van der Waals surface area contributed by atoms with E-state index in [0.717, 1.165) is 0 Å². The van der Waals surface area contributed by atoms with Gasteiger partial charge in [0.25, 0.3) is 0 Å². The van der Waals surface area contributed by atoms with Gasteiger partial charge in [-0.25, -0.2) is 0 Å². The van der Waals surface area contributed by atoms with E-state index in [1.54, 1.807) is 24.3 Å². The Kier molecular flexibility index (Phi) is 8.43. The minimum absolute atomic E-state index is 0.0417. The average molecular weight is 277 g/mol. The van der Waals surface area contributed by atoms with E-state index in [9.17, 15) is 0 Å². The normalized spacial score (nSPS) is 7.00. The predicted molar refractivity (Wildman–Crippen MR) is 50.6 cm³/mol. The van der Waals surface area contributed by atoms with Gasteiger partial charge in [-0.05, 0) is 18.2 Å². The monoisotopic (exact) mass is 275 g/mol. The molecule has 0 heterocycles. The van der Waals surface area contributed by atoms with Crippen molar-refractivity contribution >= 4 is 41.8 Å². The Bertz CT molecular complexity index is 157. The van der Waals surface area contributed by atoms with Gasteiger partial charge >= 0.3 is 16.0 Å². The van der Waals surface area contributed by atoms with Gasteiger partial charge in [0.1, 0.15) is 5.75 Å². The Hall–Kier alpha value is 0.746. The molecule has 4 heteroatoms. The fraction of sp³-hybridized carbons (Fsp3) is 0. The highest BCUT2D eigenvalue weighted by molar-refractivity contribution is 9.47. The highest BCUT2D eigenvalue weighted by Gasteiger charge is 1.75. The lowest BCUT2D eigenvalue weighted by atomic mass is 10.3. The molecule has 0 unspecified atom stereocenters. The van der Waals surface area contributed by atoms with Crippen LogP contribution in [0.15, 0.2) is 24.3 Å². The molecule has 0 saturated heterocycles. The Balaban J connectivity index is 0.000000236. The molecule has 0 atom stereocenters. The zero-order valence-corrected chi connectivity index (χ0v) is 9.81. The molecule has 10 heavy (non-hydrogen) atoms. The van der Waals surface area contributed by atoms with E-state index in [-0.39, 0.29) is 16.0 Å². The first-order valence-corrected chi connectivity index (χ1v) is 10.4. The summed E-state index contributed by atoms with van der Waals surface area (Å²) in [6, 6.07) is 9.26. The van der Waals surface area contributed by atoms with Crippen LogP contribution in [0.4, 0.5) is 0 Å². The molecule has 1 N–H and O–H groups in total. The summed E-state index contributed by atoms with van der Waals surface area (Å²) in [7, 11) is 0. The minimum Gasteiger partial charge on any atom is -0.508 e. The smallest absolute Gasteiger partial charge is 0.508 e. The summed E-state index contributed by atoms with van der Waals surface area (Å²) in [5, 5.41) is 8.61. The Morgan fingerprint density at radius 3 is 1.90 bits per heavy atom. The van der Waals surface area contributed by atoms with Gasteiger partial charge in [0.05, 0.1) is 0 Å². The van der Waals surface area contributed by atoms with Crippen LogP contribution in [-0.4, -0.2) is 21.1 Å². The highest BCUT2D eigenvalue weighted by atomic mass is 79.9. The van der Waals surface area contributed by atoms with Gasteiger partial charge in [-0.3, -0.25) is 25.8 Å². The standard InChI is InChI=1S/C6H5O.2BrH.Mg/c7-6-4-2-1-3-5-6;;;/h2-5,7H;2*1H;/q;;;+2/p-2. The van der Waals surface area contributed by atoms with E-state index in [1.165, 1.54) is 0 Å². The number of halogens is 2. The molecule has 0 saturated carbocycles. The summed E-state index contributed by atoms with van der Waals surface area (Å²) in [4.78, 5) is 0. The van der Waals surface area contributed by atoms with Crippen molar-refractivity contribution in [3.63, 3.8) is 0 Å². The van der Waals surface area contributed by atoms with Crippen LogP contribution >= 0.6 is 25.8 Å². The third-order valence-electron chi connectivity index (χ3n) is 0.701. The summed E-state index contributed by atoms with van der Waals surface area (Å²) < 4.78 is 0. The first kappa shape index (κ1) is 10.7. The maximum atomic E-state index is 8.61. The topological polar surface area (TPSA) is 20.2 Å². The van der Waals surface area contributed by atoms with E-state index < -0.39 is 0 Å². The molecule has 51 valence electrons. The quantitative estimate of drug-likeness (QED) is 0.722. The second-order valence-corrected chi connectivity index (χ2v) is 9.44. The maximum absolute atomic E-state index is 8.61. The SMILES string of the molecule is Oc1cc[c]cc1.[Br][Mg][Br]. The molecule has 0 spiro atoms. The summed E-state index contributed by atoms with van der Waals surface area (Å²) >= 11 is 6.44. The van der Waals surface area contributed by atoms with Crippen LogP contribution in [0.1, 0.15) is 0 Å². The first-order chi connectivity index (χ1) is 4.81. The number of phenolic OH excluding ortho intramolecular Hbond substituents is 1. The number of rotatable bonds is 0. The van der Waals surface area contributed by atoms with Crippen LogP contribution in [0.25, 0.3) is 0 Å². The van der Waals surface area contributed by atoms with Crippen molar-refractivity contribution in [2.75, 3.05) is 0 Å². The van der Waals surface area contributed by atoms with Crippen molar-refractivity contribution in [1.82, 2.24) is 0 Å². The summed E-state index contributed by atoms with van der Waals surface area (Å²) in [5.74, 6) is 0.291. The Morgan fingerprint density at radius 2 is 1.70 bits per heavy atom. The molecule has 1 rings (SSSR count). The summed E-state index contributed by atoms with van der Waals surface area (Å²) in [5.41, 5.74) is 0. The van der Waals surface area contributed by atoms with Gasteiger partial charge in [-0.15, -0.1) is 0 Å². The third-order valence-corrected chi connectivity index (χ3v) is 0.701. The molecule has 1 aromatic rings. The second kappa shape index (κ2) is 7.85. The molecule has 1 radical (unpaired) electrons. The van der Waals surface area contributed by atoms with Crippen LogP contribution in [0, 0.1) is 6.07 Å². The second-order valence-electron chi connectivity index (χ2n) is 1.36. The van der Waals surface area contributed by atoms with Crippen LogP contribution in [0.3, 0.4) is 0 Å². The largest absolute Gasteiger partial charge is 0.560 e. The number of hydrogen-bond acceptors (Lipinski definition) is 1. The Morgan fingerprint density at radius 1 is 1.30 bits per heavy atom. The molecule has 0 aliphatic heterocycles. The van der Waals surface area contributed by atoms with Gasteiger partial charge in [0, 0.05) is 0 Å². The third kappa shape index (κ3) is 6.86. The van der Waals surface area contributed by atoms with Crippen molar-refractivity contribution in [3.05, 3.63) is 30.3 Å². The van der Waals surface area contributed by atoms with Gasteiger partial charge in [-0.2, -0.15) is 0 Å². The fourth-order valence-corrected chi connectivity index (χ4v) is 0.378. The van der Waals surface area contributed by atoms with E-state index in [2.05, 4.69) is 31.8 Å². The number of benzene rings is 1. The molecule has 0 amide bonds. The van der Waals surface area contributed by atoms with Crippen molar-refractivity contribution < 1.29 is 5.11 Å². The van der Waals surface area contributed by atoms with Crippen molar-refractivity contribution in [3.8, 4) is 5.75 Å². The molecule has 0 aliphatic carbocycles. The zero-order chi connectivity index (χ0) is 7.82. The summed E-state index contributed by atoms with van der Waals surface area (Å²) in [6.07, 6.45) is 0. The van der Waals surface area contributed by atoms with Gasteiger partial charge in [0.2, 0.25) is 0 Å². The van der Waals surface area contributed by atoms with Crippen LogP contribution in [0.5, 0.6) is 5.75 Å². The van der Waals surface area contributed by atoms with Crippen molar-refractivity contribution in [2.45, 2.75) is 0 Å². The van der Waals surface area contributed by atoms with E-state index >= 15 is 0 Å². The van der Waals surface area contributed by atoms with Crippen molar-refractivity contribution in [2.24, 2.45) is 0 Å². The lowest BCUT2D eigenvalue weighted by Crippen LogP contribution is -1.57. The average Bonchev–Trinajstić information content (AvgIpc) is 1.91. The molecular formula is C6H5Br2MgO. The molecule has 0 aromatic heterocycles. The summed E-state index contributed by atoms with van der Waals surface area (Å²) in [6.45, 7) is 0. The van der Waals surface area contributed by atoms with E-state index in [4.69, 9.17) is 5.11 Å². The Labute approximate surface area is 82.3 Å². The van der Waals surface area contributed by atoms with Gasteiger partial charge < -0.3 is 5.11 Å². The predicted octanol–water partition coefficient (Wildman–Crippen LogP) is 2.50. The first-order valence-electron chi connectivity index (χ1n) is 2.58. The van der Waals surface area contributed by atoms with Crippen LogP contribution in [0.2, 0.25) is 0 Å². The molecule has 0 bridgehead atoms. The highest BCUT2D eigenvalue weighted by Crippen LogP contribution is 2.02. The van der Waals surface area contributed by atoms with E-state index in [0.29, 0.717) is 5.75 Å². The molecule has 1 aromatic carbocycles. The van der Waals surface area contributed by atoms with Crippen LogP contribution in [-0.2, 0) is 0 Å². The van der Waals surface area contributed by atoms with Gasteiger partial charge in [0.15, 0.2) is 0 Å². The van der Waals surface area contributed by atoms with Crippen molar-refractivity contribution in [1.29, 1.82) is 0 Å². The zero-order valence-electron chi connectivity index (χ0n) is 5.22. The number of phenols is 1. The van der Waals surface area contributed by atoms with E-state index in [1.807, 2.05) is 0 Å². The molecule has 0 aliphatic rings. The number of aromatic hydroxyl groups is 1. The van der Waals surface area contributed by atoms with Gasteiger partial charge in [-0.1, -0.05) is 12.1 Å². The fourth-order valence-electron chi connectivity index (χ4n) is 0.378. The lowest BCUT2D eigenvalue weighted by molar-refractivity contribution is 0.475. The molecular weight excluding hydrogens is 272 g/mol.